The number of nitrogens with one attached hydrogen (secondary N) is 1. The third-order valence-electron chi connectivity index (χ3n) is 6.34. The van der Waals surface area contributed by atoms with Gasteiger partial charge in [-0.2, -0.15) is 0 Å². The number of nitrogens with zero attached hydrogens (tertiary/aromatic N) is 1. The van der Waals surface area contributed by atoms with Gasteiger partial charge in [0.2, 0.25) is 5.91 Å². The van der Waals surface area contributed by atoms with E-state index < -0.39 is 0 Å². The van der Waals surface area contributed by atoms with Crippen molar-refractivity contribution in [3.05, 3.63) is 59.7 Å². The molecule has 5 nitrogen and oxygen atoms in total. The summed E-state index contributed by atoms with van der Waals surface area (Å²) in [5.74, 6) is 1.73. The SMILES string of the molecule is CC(C)c1ccc2c(c1)NC(=O)C[C@@H]1CCN(C(=O)c3ccccc3)C[C@@H]1CCO2. The topological polar surface area (TPSA) is 58.6 Å². The van der Waals surface area contributed by atoms with Gasteiger partial charge in [-0.15, -0.1) is 0 Å². The predicted octanol–water partition coefficient (Wildman–Crippen LogP) is 4.70. The lowest BCUT2D eigenvalue weighted by molar-refractivity contribution is -0.118. The van der Waals surface area contributed by atoms with Crippen molar-refractivity contribution in [3.8, 4) is 5.75 Å². The second kappa shape index (κ2) is 8.90. The first-order valence-electron chi connectivity index (χ1n) is 10.9. The molecule has 0 spiro atoms. The van der Waals surface area contributed by atoms with Gasteiger partial charge >= 0.3 is 0 Å². The molecule has 0 aromatic heterocycles. The van der Waals surface area contributed by atoms with Crippen molar-refractivity contribution in [2.24, 2.45) is 11.8 Å². The lowest BCUT2D eigenvalue weighted by Gasteiger charge is -2.39. The molecular formula is C25H30N2O3. The molecule has 0 aliphatic carbocycles. The first-order valence-corrected chi connectivity index (χ1v) is 10.9. The molecule has 2 aromatic rings. The Labute approximate surface area is 178 Å². The fraction of sp³-hybridized carbons (Fsp3) is 0.440. The lowest BCUT2D eigenvalue weighted by atomic mass is 9.80. The summed E-state index contributed by atoms with van der Waals surface area (Å²) in [6, 6.07) is 15.5. The van der Waals surface area contributed by atoms with Gasteiger partial charge in [0.15, 0.2) is 0 Å². The molecule has 0 unspecified atom stereocenters. The average molecular weight is 407 g/mol. The number of fused-ring (bicyclic) bond motifs is 2. The van der Waals surface area contributed by atoms with E-state index in [2.05, 4.69) is 25.2 Å². The molecule has 4 rings (SSSR count). The molecule has 2 aliphatic rings. The van der Waals surface area contributed by atoms with Gasteiger partial charge in [0.25, 0.3) is 5.91 Å². The third-order valence-corrected chi connectivity index (χ3v) is 6.34. The van der Waals surface area contributed by atoms with Crippen LogP contribution in [0.15, 0.2) is 48.5 Å². The Bertz CT molecular complexity index is 910. The van der Waals surface area contributed by atoms with Crippen LogP contribution in [0, 0.1) is 11.8 Å². The maximum absolute atomic E-state index is 12.9. The maximum atomic E-state index is 12.9. The number of ether oxygens (including phenoxy) is 1. The number of piperidine rings is 1. The van der Waals surface area contributed by atoms with Crippen LogP contribution in [0.2, 0.25) is 0 Å². The summed E-state index contributed by atoms with van der Waals surface area (Å²) in [5, 5.41) is 3.07. The quantitative estimate of drug-likeness (QED) is 0.786. The van der Waals surface area contributed by atoms with Crippen molar-refractivity contribution in [3.63, 3.8) is 0 Å². The molecule has 2 amide bonds. The summed E-state index contributed by atoms with van der Waals surface area (Å²) < 4.78 is 6.06. The van der Waals surface area contributed by atoms with Gasteiger partial charge in [-0.25, -0.2) is 0 Å². The fourth-order valence-electron chi connectivity index (χ4n) is 4.51. The van der Waals surface area contributed by atoms with Gasteiger partial charge in [-0.1, -0.05) is 38.1 Å². The molecule has 30 heavy (non-hydrogen) atoms. The van der Waals surface area contributed by atoms with Crippen molar-refractivity contribution < 1.29 is 14.3 Å². The van der Waals surface area contributed by atoms with Crippen LogP contribution in [0.5, 0.6) is 5.75 Å². The van der Waals surface area contributed by atoms with Gasteiger partial charge < -0.3 is 15.0 Å². The van der Waals surface area contributed by atoms with Gasteiger partial charge in [0, 0.05) is 25.1 Å². The molecule has 2 heterocycles. The molecule has 2 aromatic carbocycles. The molecule has 1 fully saturated rings. The van der Waals surface area contributed by atoms with E-state index in [1.807, 2.05) is 47.4 Å². The van der Waals surface area contributed by atoms with Crippen LogP contribution in [0.25, 0.3) is 0 Å². The Hall–Kier alpha value is -2.82. The van der Waals surface area contributed by atoms with E-state index in [1.54, 1.807) is 0 Å². The molecular weight excluding hydrogens is 376 g/mol. The Morgan fingerprint density at radius 3 is 2.67 bits per heavy atom. The number of benzene rings is 2. The van der Waals surface area contributed by atoms with Crippen molar-refractivity contribution in [2.45, 2.75) is 39.0 Å². The third kappa shape index (κ3) is 4.50. The van der Waals surface area contributed by atoms with E-state index in [1.165, 1.54) is 5.56 Å². The average Bonchev–Trinajstić information content (AvgIpc) is 2.75. The number of anilines is 1. The zero-order valence-corrected chi connectivity index (χ0v) is 17.8. The minimum atomic E-state index is 0.0282. The van der Waals surface area contributed by atoms with Crippen molar-refractivity contribution in [1.29, 1.82) is 0 Å². The number of hydrogen-bond donors (Lipinski definition) is 1. The highest BCUT2D eigenvalue weighted by atomic mass is 16.5. The van der Waals surface area contributed by atoms with Crippen molar-refractivity contribution >= 4 is 17.5 Å². The highest BCUT2D eigenvalue weighted by Gasteiger charge is 2.33. The number of hydrogen-bond acceptors (Lipinski definition) is 3. The summed E-state index contributed by atoms with van der Waals surface area (Å²) in [4.78, 5) is 27.6. The van der Waals surface area contributed by atoms with Crippen LogP contribution >= 0.6 is 0 Å². The van der Waals surface area contributed by atoms with Crippen LogP contribution in [0.4, 0.5) is 5.69 Å². The van der Waals surface area contributed by atoms with Crippen LogP contribution in [-0.2, 0) is 4.79 Å². The van der Waals surface area contributed by atoms with Gasteiger partial charge in [0.05, 0.1) is 12.3 Å². The summed E-state index contributed by atoms with van der Waals surface area (Å²) in [6.07, 6.45) is 2.17. The number of amides is 2. The molecule has 2 aliphatic heterocycles. The minimum absolute atomic E-state index is 0.0282. The molecule has 2 atom stereocenters. The van der Waals surface area contributed by atoms with Crippen molar-refractivity contribution in [2.75, 3.05) is 25.0 Å². The molecule has 5 heteroatoms. The number of carbonyl (C=O) groups is 2. The molecule has 0 saturated carbocycles. The van der Waals surface area contributed by atoms with E-state index in [9.17, 15) is 9.59 Å². The molecule has 1 saturated heterocycles. The highest BCUT2D eigenvalue weighted by molar-refractivity contribution is 5.94. The second-order valence-corrected chi connectivity index (χ2v) is 8.73. The van der Waals surface area contributed by atoms with E-state index in [0.29, 0.717) is 32.0 Å². The van der Waals surface area contributed by atoms with Crippen LogP contribution in [0.1, 0.15) is 54.9 Å². The zero-order valence-electron chi connectivity index (χ0n) is 17.8. The van der Waals surface area contributed by atoms with E-state index >= 15 is 0 Å². The number of carbonyl (C=O) groups excluding carboxylic acids is 2. The Kier molecular flexibility index (Phi) is 6.07. The zero-order chi connectivity index (χ0) is 21.1. The maximum Gasteiger partial charge on any atom is 0.253 e. The fourth-order valence-corrected chi connectivity index (χ4v) is 4.51. The van der Waals surface area contributed by atoms with E-state index in [-0.39, 0.29) is 23.7 Å². The van der Waals surface area contributed by atoms with E-state index in [4.69, 9.17) is 4.74 Å². The summed E-state index contributed by atoms with van der Waals surface area (Å²) in [6.45, 7) is 6.23. The molecule has 1 N–H and O–H groups in total. The summed E-state index contributed by atoms with van der Waals surface area (Å²) >= 11 is 0. The number of rotatable bonds is 2. The second-order valence-electron chi connectivity index (χ2n) is 8.73. The smallest absolute Gasteiger partial charge is 0.253 e. The predicted molar refractivity (Wildman–Crippen MR) is 118 cm³/mol. The first kappa shape index (κ1) is 20.5. The Balaban J connectivity index is 1.49. The highest BCUT2D eigenvalue weighted by Crippen LogP contribution is 2.34. The Morgan fingerprint density at radius 1 is 1.10 bits per heavy atom. The van der Waals surface area contributed by atoms with Crippen LogP contribution in [0.3, 0.4) is 0 Å². The largest absolute Gasteiger partial charge is 0.491 e. The minimum Gasteiger partial charge on any atom is -0.491 e. The van der Waals surface area contributed by atoms with Gasteiger partial charge in [0.1, 0.15) is 5.75 Å². The molecule has 158 valence electrons. The normalized spacial score (nSPS) is 21.8. The summed E-state index contributed by atoms with van der Waals surface area (Å²) in [7, 11) is 0. The van der Waals surface area contributed by atoms with E-state index in [0.717, 1.165) is 29.8 Å². The van der Waals surface area contributed by atoms with Crippen LogP contribution in [-0.4, -0.2) is 36.4 Å². The summed E-state index contributed by atoms with van der Waals surface area (Å²) in [5.41, 5.74) is 2.67. The Morgan fingerprint density at radius 2 is 1.90 bits per heavy atom. The monoisotopic (exact) mass is 406 g/mol. The number of likely N-dealkylation sites (tertiary alicyclic amines) is 1. The van der Waals surface area contributed by atoms with Gasteiger partial charge in [-0.05, 0) is 60.4 Å². The van der Waals surface area contributed by atoms with Crippen LogP contribution < -0.4 is 10.1 Å². The molecule has 0 radical (unpaired) electrons. The molecule has 0 bridgehead atoms. The lowest BCUT2D eigenvalue weighted by Crippen LogP contribution is -2.45. The van der Waals surface area contributed by atoms with Crippen molar-refractivity contribution in [1.82, 2.24) is 4.90 Å². The van der Waals surface area contributed by atoms with Gasteiger partial charge in [-0.3, -0.25) is 9.59 Å². The first-order chi connectivity index (χ1) is 14.5. The standard InChI is InChI=1S/C25H30N2O3/c1-17(2)19-8-9-23-22(14-19)26-24(28)15-20-10-12-27(16-21(20)11-13-30-23)25(29)18-6-4-3-5-7-18/h3-9,14,17,20-21H,10-13,15-16H2,1-2H3,(H,26,28)/t20-,21-/m0/s1.